The molecule has 2 N–H and O–H groups in total. The molecule has 2 fully saturated rings. The second-order valence-electron chi connectivity index (χ2n) is 10.9. The van der Waals surface area contributed by atoms with E-state index in [9.17, 15) is 9.18 Å². The number of halogens is 2. The van der Waals surface area contributed by atoms with Gasteiger partial charge in [-0.3, -0.25) is 14.7 Å². The van der Waals surface area contributed by atoms with Crippen molar-refractivity contribution in [2.24, 2.45) is 0 Å². The Labute approximate surface area is 234 Å². The Hall–Kier alpha value is -3.56. The van der Waals surface area contributed by atoms with Gasteiger partial charge in [-0.2, -0.15) is 0 Å². The molecule has 9 heteroatoms. The molecule has 2 aromatic carbocycles. The predicted octanol–water partition coefficient (Wildman–Crippen LogP) is 4.93. The van der Waals surface area contributed by atoms with E-state index in [0.29, 0.717) is 54.1 Å². The molecule has 0 radical (unpaired) electrons. The Kier molecular flexibility index (Phi) is 8.61. The van der Waals surface area contributed by atoms with Crippen molar-refractivity contribution >= 4 is 11.6 Å². The third-order valence-electron chi connectivity index (χ3n) is 7.71. The van der Waals surface area contributed by atoms with E-state index in [4.69, 9.17) is 4.74 Å². The van der Waals surface area contributed by atoms with E-state index in [1.807, 2.05) is 18.2 Å². The first-order chi connectivity index (χ1) is 19.3. The molecule has 0 aliphatic carbocycles. The Bertz CT molecular complexity index is 1340. The molecule has 2 saturated heterocycles. The van der Waals surface area contributed by atoms with Crippen molar-refractivity contribution < 1.29 is 18.3 Å². The van der Waals surface area contributed by atoms with Crippen LogP contribution in [0.2, 0.25) is 0 Å². The van der Waals surface area contributed by atoms with Gasteiger partial charge in [0, 0.05) is 79.9 Å². The number of methoxy groups -OCH3 is 1. The van der Waals surface area contributed by atoms with E-state index in [1.54, 1.807) is 29.3 Å². The SMILES string of the molecule is COc1cc(NC2CCN(C(=O)c3ncccc3-c3ccc(CN4C[C@@H](C)N[C@@H](C)C4)c(F)c3)CC2)ccc1F. The summed E-state index contributed by atoms with van der Waals surface area (Å²) < 4.78 is 34.1. The first-order valence-corrected chi connectivity index (χ1v) is 13.9. The normalized spacial score (nSPS) is 20.4. The third-order valence-corrected chi connectivity index (χ3v) is 7.71. The topological polar surface area (TPSA) is 69.7 Å². The molecule has 3 heterocycles. The Morgan fingerprint density at radius 1 is 1.05 bits per heavy atom. The summed E-state index contributed by atoms with van der Waals surface area (Å²) in [6.45, 7) is 7.69. The number of piperazine rings is 1. The van der Waals surface area contributed by atoms with Crippen molar-refractivity contribution in [3.05, 3.63) is 77.6 Å². The van der Waals surface area contributed by atoms with Gasteiger partial charge in [0.05, 0.1) is 7.11 Å². The van der Waals surface area contributed by atoms with Crippen LogP contribution in [0.1, 0.15) is 42.7 Å². The van der Waals surface area contributed by atoms with Crippen LogP contribution in [0, 0.1) is 11.6 Å². The lowest BCUT2D eigenvalue weighted by molar-refractivity contribution is 0.0713. The Morgan fingerprint density at radius 3 is 2.50 bits per heavy atom. The van der Waals surface area contributed by atoms with Crippen molar-refractivity contribution in [3.63, 3.8) is 0 Å². The number of anilines is 1. The molecule has 2 atom stereocenters. The Balaban J connectivity index is 1.24. The van der Waals surface area contributed by atoms with Crippen LogP contribution in [0.3, 0.4) is 0 Å². The maximum absolute atomic E-state index is 15.3. The van der Waals surface area contributed by atoms with Gasteiger partial charge in [-0.15, -0.1) is 0 Å². The highest BCUT2D eigenvalue weighted by Crippen LogP contribution is 2.28. The number of carbonyl (C=O) groups excluding carboxylic acids is 1. The largest absolute Gasteiger partial charge is 0.494 e. The fraction of sp³-hybridized carbons (Fsp3) is 0.419. The van der Waals surface area contributed by atoms with Crippen LogP contribution >= 0.6 is 0 Å². The monoisotopic (exact) mass is 549 g/mol. The summed E-state index contributed by atoms with van der Waals surface area (Å²) in [6, 6.07) is 14.4. The molecule has 1 aromatic heterocycles. The fourth-order valence-corrected chi connectivity index (χ4v) is 5.82. The summed E-state index contributed by atoms with van der Waals surface area (Å²) >= 11 is 0. The highest BCUT2D eigenvalue weighted by atomic mass is 19.1. The number of piperidine rings is 1. The maximum Gasteiger partial charge on any atom is 0.273 e. The van der Waals surface area contributed by atoms with E-state index < -0.39 is 5.82 Å². The minimum atomic E-state index is -0.405. The van der Waals surface area contributed by atoms with E-state index in [2.05, 4.69) is 34.4 Å². The molecular formula is C31H37F2N5O2. The van der Waals surface area contributed by atoms with E-state index in [1.165, 1.54) is 19.2 Å². The van der Waals surface area contributed by atoms with Crippen LogP contribution < -0.4 is 15.4 Å². The molecule has 3 aromatic rings. The highest BCUT2D eigenvalue weighted by Gasteiger charge is 2.27. The standard InChI is InChI=1S/C31H37F2N5O2/c1-20-17-37(18-21(2)35-20)19-23-7-6-22(15-28(23)33)26-5-4-12-34-30(26)31(39)38-13-10-24(11-14-38)36-25-8-9-27(32)29(16-25)40-3/h4-9,12,15-16,20-21,24,35-36H,10-11,13-14,17-19H2,1-3H3/t20-,21+. The average molecular weight is 550 g/mol. The van der Waals surface area contributed by atoms with Crippen molar-refractivity contribution in [1.82, 2.24) is 20.1 Å². The van der Waals surface area contributed by atoms with Crippen LogP contribution in [0.25, 0.3) is 11.1 Å². The molecule has 2 aliphatic rings. The number of ether oxygens (including phenoxy) is 1. The van der Waals surface area contributed by atoms with Gasteiger partial charge in [0.1, 0.15) is 11.5 Å². The summed E-state index contributed by atoms with van der Waals surface area (Å²) in [6.07, 6.45) is 3.07. The third kappa shape index (κ3) is 6.42. The number of pyridine rings is 1. The van der Waals surface area contributed by atoms with Crippen molar-refractivity contribution in [2.45, 2.75) is 51.4 Å². The van der Waals surface area contributed by atoms with Crippen LogP contribution in [-0.2, 0) is 6.54 Å². The zero-order valence-corrected chi connectivity index (χ0v) is 23.3. The van der Waals surface area contributed by atoms with Crippen LogP contribution in [0.4, 0.5) is 14.5 Å². The number of rotatable bonds is 7. The number of nitrogens with zero attached hydrogens (tertiary/aromatic N) is 3. The van der Waals surface area contributed by atoms with Crippen LogP contribution in [0.15, 0.2) is 54.7 Å². The highest BCUT2D eigenvalue weighted by molar-refractivity contribution is 5.99. The molecule has 0 bridgehead atoms. The maximum atomic E-state index is 15.3. The molecule has 7 nitrogen and oxygen atoms in total. The van der Waals surface area contributed by atoms with Gasteiger partial charge < -0.3 is 20.3 Å². The van der Waals surface area contributed by atoms with Gasteiger partial charge in [0.15, 0.2) is 11.6 Å². The zero-order valence-electron chi connectivity index (χ0n) is 23.3. The number of hydrogen-bond donors (Lipinski definition) is 2. The summed E-state index contributed by atoms with van der Waals surface area (Å²) in [4.78, 5) is 22.0. The van der Waals surface area contributed by atoms with E-state index in [0.717, 1.165) is 31.6 Å². The lowest BCUT2D eigenvalue weighted by atomic mass is 9.99. The summed E-state index contributed by atoms with van der Waals surface area (Å²) in [5.74, 6) is -0.649. The van der Waals surface area contributed by atoms with E-state index in [-0.39, 0.29) is 23.5 Å². The first-order valence-electron chi connectivity index (χ1n) is 13.9. The number of benzene rings is 2. The van der Waals surface area contributed by atoms with E-state index >= 15 is 4.39 Å². The van der Waals surface area contributed by atoms with Gasteiger partial charge in [0.2, 0.25) is 0 Å². The van der Waals surface area contributed by atoms with Gasteiger partial charge in [-0.1, -0.05) is 18.2 Å². The second kappa shape index (κ2) is 12.3. The van der Waals surface area contributed by atoms with Crippen molar-refractivity contribution in [2.75, 3.05) is 38.6 Å². The molecule has 0 unspecified atom stereocenters. The summed E-state index contributed by atoms with van der Waals surface area (Å²) in [7, 11) is 1.44. The molecule has 0 saturated carbocycles. The molecule has 2 aliphatic heterocycles. The molecular weight excluding hydrogens is 512 g/mol. The van der Waals surface area contributed by atoms with Gasteiger partial charge in [0.25, 0.3) is 5.91 Å². The number of aromatic nitrogens is 1. The van der Waals surface area contributed by atoms with Gasteiger partial charge >= 0.3 is 0 Å². The second-order valence-corrected chi connectivity index (χ2v) is 10.9. The molecule has 5 rings (SSSR count). The molecule has 0 spiro atoms. The first kappa shape index (κ1) is 28.0. The zero-order chi connectivity index (χ0) is 28.2. The smallest absolute Gasteiger partial charge is 0.273 e. The van der Waals surface area contributed by atoms with Gasteiger partial charge in [-0.05, 0) is 56.5 Å². The fourth-order valence-electron chi connectivity index (χ4n) is 5.82. The summed E-state index contributed by atoms with van der Waals surface area (Å²) in [5.41, 5.74) is 3.02. The quantitative estimate of drug-likeness (QED) is 0.436. The lowest BCUT2D eigenvalue weighted by Gasteiger charge is -2.36. The number of likely N-dealkylation sites (tertiary alicyclic amines) is 1. The number of amides is 1. The predicted molar refractivity (Wildman–Crippen MR) is 152 cm³/mol. The average Bonchev–Trinajstić information content (AvgIpc) is 2.94. The molecule has 212 valence electrons. The van der Waals surface area contributed by atoms with Crippen LogP contribution in [-0.4, -0.2) is 72.1 Å². The Morgan fingerprint density at radius 2 is 1.80 bits per heavy atom. The minimum Gasteiger partial charge on any atom is -0.494 e. The van der Waals surface area contributed by atoms with Crippen LogP contribution in [0.5, 0.6) is 5.75 Å². The van der Waals surface area contributed by atoms with Crippen molar-refractivity contribution in [1.29, 1.82) is 0 Å². The lowest BCUT2D eigenvalue weighted by Crippen LogP contribution is -2.53. The molecule has 1 amide bonds. The summed E-state index contributed by atoms with van der Waals surface area (Å²) in [5, 5.41) is 6.92. The molecule has 40 heavy (non-hydrogen) atoms. The van der Waals surface area contributed by atoms with Crippen molar-refractivity contribution in [3.8, 4) is 16.9 Å². The minimum absolute atomic E-state index is 0.144. The number of hydrogen-bond acceptors (Lipinski definition) is 6. The number of nitrogens with one attached hydrogen (secondary N) is 2. The number of carbonyl (C=O) groups is 1. The van der Waals surface area contributed by atoms with Gasteiger partial charge in [-0.25, -0.2) is 8.78 Å².